The molecule has 0 amide bonds. The van der Waals surface area contributed by atoms with Crippen LogP contribution in [0.1, 0.15) is 18.7 Å². The monoisotopic (exact) mass is 315 g/mol. The fourth-order valence-corrected chi connectivity index (χ4v) is 2.78. The Bertz CT molecular complexity index is 731. The van der Waals surface area contributed by atoms with Gasteiger partial charge in [0.05, 0.1) is 23.9 Å². The lowest BCUT2D eigenvalue weighted by Crippen LogP contribution is -2.10. The Kier molecular flexibility index (Phi) is 3.12. The maximum atomic E-state index is 6.00. The molecule has 0 aliphatic carbocycles. The van der Waals surface area contributed by atoms with Crippen LogP contribution in [0.15, 0.2) is 53.4 Å². The van der Waals surface area contributed by atoms with Crippen molar-refractivity contribution in [2.24, 2.45) is 5.73 Å². The second-order valence-corrected chi connectivity index (χ2v) is 5.44. The Morgan fingerprint density at radius 1 is 1.16 bits per heavy atom. The second-order valence-electron chi connectivity index (χ2n) is 4.59. The van der Waals surface area contributed by atoms with Crippen LogP contribution in [0.2, 0.25) is 0 Å². The Hall–Kier alpha value is -1.65. The minimum Gasteiger partial charge on any atom is -0.323 e. The molecule has 96 valence electrons. The van der Waals surface area contributed by atoms with Crippen molar-refractivity contribution in [1.29, 1.82) is 0 Å². The van der Waals surface area contributed by atoms with E-state index in [9.17, 15) is 0 Å². The SMILES string of the molecule is CC(N)c1cncn1-c1ccc(Br)c2ccccc12. The summed E-state index contributed by atoms with van der Waals surface area (Å²) < 4.78 is 3.15. The number of hydrogen-bond donors (Lipinski definition) is 1. The van der Waals surface area contributed by atoms with Gasteiger partial charge in [-0.25, -0.2) is 4.98 Å². The third kappa shape index (κ3) is 2.07. The zero-order valence-corrected chi connectivity index (χ0v) is 12.1. The topological polar surface area (TPSA) is 43.8 Å². The van der Waals surface area contributed by atoms with Crippen molar-refractivity contribution in [3.05, 3.63) is 59.1 Å². The molecular formula is C15H14BrN3. The molecule has 2 N–H and O–H groups in total. The van der Waals surface area contributed by atoms with Crippen molar-refractivity contribution in [2.45, 2.75) is 13.0 Å². The summed E-state index contributed by atoms with van der Waals surface area (Å²) in [4.78, 5) is 4.22. The molecule has 2 aromatic carbocycles. The highest BCUT2D eigenvalue weighted by Gasteiger charge is 2.11. The zero-order chi connectivity index (χ0) is 13.4. The number of aromatic nitrogens is 2. The fraction of sp³-hybridized carbons (Fsp3) is 0.133. The molecule has 0 aliphatic rings. The average Bonchev–Trinajstić information content (AvgIpc) is 2.89. The standard InChI is InChI=1S/C15H14BrN3/c1-10(17)15-8-18-9-19(15)14-7-6-13(16)11-4-2-3-5-12(11)14/h2-10H,17H2,1H3. The van der Waals surface area contributed by atoms with E-state index in [-0.39, 0.29) is 6.04 Å². The molecule has 0 fully saturated rings. The van der Waals surface area contributed by atoms with Gasteiger partial charge < -0.3 is 10.3 Å². The lowest BCUT2D eigenvalue weighted by atomic mass is 10.1. The van der Waals surface area contributed by atoms with E-state index in [1.54, 1.807) is 0 Å². The van der Waals surface area contributed by atoms with Crippen LogP contribution in [0.3, 0.4) is 0 Å². The van der Waals surface area contributed by atoms with Gasteiger partial charge in [-0.05, 0) is 24.4 Å². The van der Waals surface area contributed by atoms with Crippen molar-refractivity contribution >= 4 is 26.7 Å². The zero-order valence-electron chi connectivity index (χ0n) is 10.5. The smallest absolute Gasteiger partial charge is 0.0994 e. The van der Waals surface area contributed by atoms with Crippen molar-refractivity contribution in [1.82, 2.24) is 9.55 Å². The minimum absolute atomic E-state index is 0.0510. The summed E-state index contributed by atoms with van der Waals surface area (Å²) in [6, 6.07) is 12.4. The van der Waals surface area contributed by atoms with Gasteiger partial charge in [-0.2, -0.15) is 0 Å². The number of halogens is 1. The van der Waals surface area contributed by atoms with Crippen LogP contribution < -0.4 is 5.73 Å². The maximum Gasteiger partial charge on any atom is 0.0994 e. The molecule has 1 atom stereocenters. The fourth-order valence-electron chi connectivity index (χ4n) is 2.30. The molecular weight excluding hydrogens is 302 g/mol. The molecule has 1 heterocycles. The highest BCUT2D eigenvalue weighted by Crippen LogP contribution is 2.30. The predicted octanol–water partition coefficient (Wildman–Crippen LogP) is 3.81. The molecule has 1 unspecified atom stereocenters. The molecule has 3 nitrogen and oxygen atoms in total. The highest BCUT2D eigenvalue weighted by atomic mass is 79.9. The van der Waals surface area contributed by atoms with Crippen LogP contribution >= 0.6 is 15.9 Å². The molecule has 0 aliphatic heterocycles. The van der Waals surface area contributed by atoms with Crippen molar-refractivity contribution < 1.29 is 0 Å². The highest BCUT2D eigenvalue weighted by molar-refractivity contribution is 9.10. The summed E-state index contributed by atoms with van der Waals surface area (Å²) >= 11 is 3.59. The molecule has 1 aromatic heterocycles. The van der Waals surface area contributed by atoms with Gasteiger partial charge in [0.1, 0.15) is 0 Å². The van der Waals surface area contributed by atoms with Gasteiger partial charge in [0.15, 0.2) is 0 Å². The van der Waals surface area contributed by atoms with Crippen LogP contribution in [0.25, 0.3) is 16.5 Å². The molecule has 3 aromatic rings. The molecule has 0 bridgehead atoms. The summed E-state index contributed by atoms with van der Waals surface area (Å²) in [6.07, 6.45) is 3.63. The number of rotatable bonds is 2. The average molecular weight is 316 g/mol. The van der Waals surface area contributed by atoms with Crippen LogP contribution in [0.5, 0.6) is 0 Å². The van der Waals surface area contributed by atoms with Crippen molar-refractivity contribution in [3.63, 3.8) is 0 Å². The van der Waals surface area contributed by atoms with Gasteiger partial charge in [-0.15, -0.1) is 0 Å². The third-order valence-corrected chi connectivity index (χ3v) is 3.93. The summed E-state index contributed by atoms with van der Waals surface area (Å²) in [5.41, 5.74) is 8.11. The molecule has 4 heteroatoms. The number of nitrogens with zero attached hydrogens (tertiary/aromatic N) is 2. The lowest BCUT2D eigenvalue weighted by Gasteiger charge is -2.14. The molecule has 19 heavy (non-hydrogen) atoms. The quantitative estimate of drug-likeness (QED) is 0.781. The van der Waals surface area contributed by atoms with E-state index >= 15 is 0 Å². The normalized spacial score (nSPS) is 12.8. The number of benzene rings is 2. The van der Waals surface area contributed by atoms with Gasteiger partial charge >= 0.3 is 0 Å². The Morgan fingerprint density at radius 2 is 1.89 bits per heavy atom. The van der Waals surface area contributed by atoms with Crippen LogP contribution in [0, 0.1) is 0 Å². The summed E-state index contributed by atoms with van der Waals surface area (Å²) in [5.74, 6) is 0. The first-order chi connectivity index (χ1) is 9.18. The van der Waals surface area contributed by atoms with Crippen molar-refractivity contribution in [3.8, 4) is 5.69 Å². The van der Waals surface area contributed by atoms with E-state index in [0.717, 1.165) is 15.9 Å². The van der Waals surface area contributed by atoms with E-state index in [2.05, 4.69) is 49.7 Å². The predicted molar refractivity (Wildman–Crippen MR) is 81.4 cm³/mol. The van der Waals surface area contributed by atoms with Crippen LogP contribution in [-0.2, 0) is 0 Å². The number of hydrogen-bond acceptors (Lipinski definition) is 2. The number of nitrogens with two attached hydrogens (primary N) is 1. The first kappa shape index (κ1) is 12.4. The summed E-state index contributed by atoms with van der Waals surface area (Å²) in [5, 5.41) is 2.36. The van der Waals surface area contributed by atoms with Gasteiger partial charge in [0.25, 0.3) is 0 Å². The van der Waals surface area contributed by atoms with Gasteiger partial charge in [0.2, 0.25) is 0 Å². The van der Waals surface area contributed by atoms with E-state index in [0.29, 0.717) is 0 Å². The molecule has 0 saturated heterocycles. The first-order valence-electron chi connectivity index (χ1n) is 6.14. The van der Waals surface area contributed by atoms with Gasteiger partial charge in [-0.1, -0.05) is 40.2 Å². The molecule has 0 spiro atoms. The summed E-state index contributed by atoms with van der Waals surface area (Å²) in [7, 11) is 0. The lowest BCUT2D eigenvalue weighted by molar-refractivity contribution is 0.754. The number of fused-ring (bicyclic) bond motifs is 1. The van der Waals surface area contributed by atoms with E-state index < -0.39 is 0 Å². The van der Waals surface area contributed by atoms with E-state index in [1.807, 2.05) is 31.6 Å². The first-order valence-corrected chi connectivity index (χ1v) is 6.93. The van der Waals surface area contributed by atoms with Crippen LogP contribution in [-0.4, -0.2) is 9.55 Å². The third-order valence-electron chi connectivity index (χ3n) is 3.24. The van der Waals surface area contributed by atoms with Gasteiger partial charge in [0, 0.05) is 15.9 Å². The Labute approximate surface area is 120 Å². The number of imidazole rings is 1. The van der Waals surface area contributed by atoms with E-state index in [4.69, 9.17) is 5.73 Å². The maximum absolute atomic E-state index is 6.00. The van der Waals surface area contributed by atoms with Crippen LogP contribution in [0.4, 0.5) is 0 Å². The minimum atomic E-state index is -0.0510. The largest absolute Gasteiger partial charge is 0.323 e. The molecule has 0 saturated carbocycles. The second kappa shape index (κ2) is 4.79. The van der Waals surface area contributed by atoms with Gasteiger partial charge in [-0.3, -0.25) is 0 Å². The van der Waals surface area contributed by atoms with Crippen molar-refractivity contribution in [2.75, 3.05) is 0 Å². The summed E-state index contributed by atoms with van der Waals surface area (Å²) in [6.45, 7) is 1.97. The Balaban J connectivity index is 2.31. The molecule has 0 radical (unpaired) electrons. The molecule has 3 rings (SSSR count). The Morgan fingerprint density at radius 3 is 2.63 bits per heavy atom. The van der Waals surface area contributed by atoms with E-state index in [1.165, 1.54) is 10.8 Å².